The Bertz CT molecular complexity index is 951. The maximum Gasteiger partial charge on any atom is 0.270 e. The summed E-state index contributed by atoms with van der Waals surface area (Å²) in [7, 11) is 0. The molecule has 2 aromatic rings. The maximum atomic E-state index is 12.8. The first-order chi connectivity index (χ1) is 12.0. The highest BCUT2D eigenvalue weighted by Gasteiger charge is 2.39. The second-order valence-corrected chi connectivity index (χ2v) is 5.93. The number of nitro groups is 1. The highest BCUT2D eigenvalue weighted by atomic mass is 16.6. The van der Waals surface area contributed by atoms with Gasteiger partial charge in [-0.25, -0.2) is 0 Å². The van der Waals surface area contributed by atoms with Gasteiger partial charge in [-0.3, -0.25) is 19.7 Å². The summed E-state index contributed by atoms with van der Waals surface area (Å²) in [6.07, 6.45) is 1.93. The summed E-state index contributed by atoms with van der Waals surface area (Å²) in [6.45, 7) is 0. The van der Waals surface area contributed by atoms with E-state index in [1.165, 1.54) is 17.0 Å². The number of nitro benzene ring substituents is 1. The van der Waals surface area contributed by atoms with E-state index in [9.17, 15) is 19.7 Å². The van der Waals surface area contributed by atoms with Crippen molar-refractivity contribution in [2.45, 2.75) is 12.5 Å². The number of nitrogens with one attached hydrogen (secondary N) is 1. The SMILES string of the molecule is O=C1Nc2ccccc2C(=O)N2C=C(c3cccc([N+](=O)[O-])c3)C[C@@H]12. The highest BCUT2D eigenvalue weighted by molar-refractivity contribution is 6.11. The van der Waals surface area contributed by atoms with E-state index in [2.05, 4.69) is 5.32 Å². The molecule has 25 heavy (non-hydrogen) atoms. The first kappa shape index (κ1) is 15.1. The van der Waals surface area contributed by atoms with Gasteiger partial charge in [-0.15, -0.1) is 0 Å². The van der Waals surface area contributed by atoms with Crippen molar-refractivity contribution in [3.05, 3.63) is 76.0 Å². The molecule has 4 rings (SSSR count). The molecule has 2 aromatic carbocycles. The van der Waals surface area contributed by atoms with Crippen LogP contribution in [0.5, 0.6) is 0 Å². The predicted molar refractivity (Wildman–Crippen MR) is 90.7 cm³/mol. The number of carbonyl (C=O) groups is 2. The van der Waals surface area contributed by atoms with Crippen LogP contribution in [0.3, 0.4) is 0 Å². The van der Waals surface area contributed by atoms with Crippen LogP contribution < -0.4 is 5.32 Å². The molecule has 0 spiro atoms. The number of benzene rings is 2. The number of non-ortho nitro benzene ring substituents is 1. The molecule has 0 saturated carbocycles. The maximum absolute atomic E-state index is 12.8. The number of rotatable bonds is 2. The number of amides is 2. The normalized spacial score (nSPS) is 18.8. The molecule has 0 radical (unpaired) electrons. The Balaban J connectivity index is 1.75. The zero-order valence-electron chi connectivity index (χ0n) is 13.0. The van der Waals surface area contributed by atoms with Crippen LogP contribution in [0.1, 0.15) is 22.3 Å². The van der Waals surface area contributed by atoms with Gasteiger partial charge in [-0.05, 0) is 23.3 Å². The van der Waals surface area contributed by atoms with Crippen molar-refractivity contribution in [3.8, 4) is 0 Å². The van der Waals surface area contributed by atoms with E-state index < -0.39 is 11.0 Å². The first-order valence-corrected chi connectivity index (χ1v) is 7.72. The lowest BCUT2D eigenvalue weighted by Crippen LogP contribution is -2.38. The molecule has 2 amide bonds. The van der Waals surface area contributed by atoms with Crippen molar-refractivity contribution in [2.24, 2.45) is 0 Å². The Labute approximate surface area is 142 Å². The fourth-order valence-corrected chi connectivity index (χ4v) is 3.18. The van der Waals surface area contributed by atoms with Crippen LogP contribution in [-0.2, 0) is 4.79 Å². The van der Waals surface area contributed by atoms with Gasteiger partial charge in [0.25, 0.3) is 11.6 Å². The third-order valence-corrected chi connectivity index (χ3v) is 4.42. The van der Waals surface area contributed by atoms with Crippen molar-refractivity contribution in [1.29, 1.82) is 0 Å². The smallest absolute Gasteiger partial charge is 0.270 e. The molecule has 0 aliphatic carbocycles. The van der Waals surface area contributed by atoms with Crippen molar-refractivity contribution in [3.63, 3.8) is 0 Å². The Morgan fingerprint density at radius 3 is 2.72 bits per heavy atom. The summed E-state index contributed by atoms with van der Waals surface area (Å²) >= 11 is 0. The fourth-order valence-electron chi connectivity index (χ4n) is 3.18. The number of hydrogen-bond donors (Lipinski definition) is 1. The molecule has 0 bridgehead atoms. The number of hydrogen-bond acceptors (Lipinski definition) is 4. The van der Waals surface area contributed by atoms with Crippen molar-refractivity contribution < 1.29 is 14.5 Å². The summed E-state index contributed by atoms with van der Waals surface area (Å²) in [5.41, 5.74) is 2.25. The van der Waals surface area contributed by atoms with E-state index in [0.29, 0.717) is 23.2 Å². The molecule has 2 aliphatic rings. The summed E-state index contributed by atoms with van der Waals surface area (Å²) in [4.78, 5) is 37.2. The van der Waals surface area contributed by atoms with Gasteiger partial charge < -0.3 is 10.2 Å². The average molecular weight is 335 g/mol. The monoisotopic (exact) mass is 335 g/mol. The van der Waals surface area contributed by atoms with Crippen LogP contribution in [-0.4, -0.2) is 27.7 Å². The Kier molecular flexibility index (Phi) is 3.35. The van der Waals surface area contributed by atoms with E-state index in [1.54, 1.807) is 42.6 Å². The summed E-state index contributed by atoms with van der Waals surface area (Å²) < 4.78 is 0. The van der Waals surface area contributed by atoms with Crippen LogP contribution >= 0.6 is 0 Å². The zero-order valence-corrected chi connectivity index (χ0v) is 13.0. The van der Waals surface area contributed by atoms with Gasteiger partial charge >= 0.3 is 0 Å². The van der Waals surface area contributed by atoms with Gasteiger partial charge in [0, 0.05) is 24.8 Å². The minimum atomic E-state index is -0.658. The van der Waals surface area contributed by atoms with E-state index in [1.807, 2.05) is 0 Å². The Morgan fingerprint density at radius 1 is 1.12 bits per heavy atom. The van der Waals surface area contributed by atoms with Crippen LogP contribution in [0.4, 0.5) is 11.4 Å². The van der Waals surface area contributed by atoms with Crippen molar-refractivity contribution >= 4 is 28.8 Å². The molecule has 0 saturated heterocycles. The van der Waals surface area contributed by atoms with E-state index >= 15 is 0 Å². The molecule has 0 aromatic heterocycles. The van der Waals surface area contributed by atoms with Crippen molar-refractivity contribution in [1.82, 2.24) is 4.90 Å². The minimum Gasteiger partial charge on any atom is -0.324 e. The number of nitrogens with zero attached hydrogens (tertiary/aromatic N) is 2. The third kappa shape index (κ3) is 2.46. The molecular formula is C18H13N3O4. The summed E-state index contributed by atoms with van der Waals surface area (Å²) in [5, 5.41) is 13.7. The number of fused-ring (bicyclic) bond motifs is 2. The summed E-state index contributed by atoms with van der Waals surface area (Å²) in [5.74, 6) is -0.533. The molecule has 124 valence electrons. The lowest BCUT2D eigenvalue weighted by molar-refractivity contribution is -0.384. The summed E-state index contributed by atoms with van der Waals surface area (Å²) in [6, 6.07) is 12.4. The standard InChI is InChI=1S/C18H13N3O4/c22-17-16-9-12(11-4-3-5-13(8-11)21(24)25)10-20(16)18(23)14-6-1-2-7-15(14)19-17/h1-8,10,16H,9H2,(H,19,22)/t16-/m0/s1. The van der Waals surface area contributed by atoms with Crippen LogP contribution in [0, 0.1) is 10.1 Å². The number of para-hydroxylation sites is 1. The molecular weight excluding hydrogens is 322 g/mol. The predicted octanol–water partition coefficient (Wildman–Crippen LogP) is 2.80. The largest absolute Gasteiger partial charge is 0.324 e. The van der Waals surface area contributed by atoms with Gasteiger partial charge in [-0.1, -0.05) is 24.3 Å². The van der Waals surface area contributed by atoms with Gasteiger partial charge in [0.15, 0.2) is 0 Å². The molecule has 1 atom stereocenters. The van der Waals surface area contributed by atoms with Crippen LogP contribution in [0.15, 0.2) is 54.7 Å². The van der Waals surface area contributed by atoms with E-state index in [0.717, 1.165) is 5.57 Å². The van der Waals surface area contributed by atoms with Crippen molar-refractivity contribution in [2.75, 3.05) is 5.32 Å². The molecule has 0 fully saturated rings. The molecule has 1 N–H and O–H groups in total. The van der Waals surface area contributed by atoms with Crippen LogP contribution in [0.2, 0.25) is 0 Å². The average Bonchev–Trinajstić information content (AvgIpc) is 3.03. The molecule has 7 heteroatoms. The lowest BCUT2D eigenvalue weighted by Gasteiger charge is -2.18. The number of anilines is 1. The highest BCUT2D eigenvalue weighted by Crippen LogP contribution is 2.35. The molecule has 0 unspecified atom stereocenters. The van der Waals surface area contributed by atoms with E-state index in [-0.39, 0.29) is 17.5 Å². The van der Waals surface area contributed by atoms with E-state index in [4.69, 9.17) is 0 Å². The van der Waals surface area contributed by atoms with Gasteiger partial charge in [0.05, 0.1) is 16.2 Å². The Morgan fingerprint density at radius 2 is 1.92 bits per heavy atom. The van der Waals surface area contributed by atoms with Gasteiger partial charge in [-0.2, -0.15) is 0 Å². The second kappa shape index (κ2) is 5.55. The molecule has 7 nitrogen and oxygen atoms in total. The first-order valence-electron chi connectivity index (χ1n) is 7.72. The zero-order chi connectivity index (χ0) is 17.6. The quantitative estimate of drug-likeness (QED) is 0.674. The molecule has 2 heterocycles. The minimum absolute atomic E-state index is 0.0263. The van der Waals surface area contributed by atoms with Gasteiger partial charge in [0.1, 0.15) is 6.04 Å². The molecule has 2 aliphatic heterocycles. The van der Waals surface area contributed by atoms with Gasteiger partial charge in [0.2, 0.25) is 5.91 Å². The fraction of sp³-hybridized carbons (Fsp3) is 0.111. The lowest BCUT2D eigenvalue weighted by atomic mass is 10.0. The Hall–Kier alpha value is -3.48. The van der Waals surface area contributed by atoms with Crippen LogP contribution in [0.25, 0.3) is 5.57 Å². The second-order valence-electron chi connectivity index (χ2n) is 5.93. The topological polar surface area (TPSA) is 92.6 Å². The third-order valence-electron chi connectivity index (χ3n) is 4.42. The number of carbonyl (C=O) groups excluding carboxylic acids is 2.